The average molecular weight is 493 g/mol. The molecule has 4 N–H and O–H groups in total. The van der Waals surface area contributed by atoms with Crippen LogP contribution in [0, 0.1) is 0 Å². The van der Waals surface area contributed by atoms with Crippen molar-refractivity contribution in [2.24, 2.45) is 0 Å². The van der Waals surface area contributed by atoms with Crippen molar-refractivity contribution in [2.75, 3.05) is 56.5 Å². The highest BCUT2D eigenvalue weighted by Crippen LogP contribution is 2.37. The third-order valence-corrected chi connectivity index (χ3v) is 6.79. The number of aromatic nitrogens is 3. The summed E-state index contributed by atoms with van der Waals surface area (Å²) < 4.78 is 13.9. The van der Waals surface area contributed by atoms with Crippen LogP contribution in [0.1, 0.15) is 10.4 Å². The monoisotopic (exact) mass is 492 g/mol. The van der Waals surface area contributed by atoms with Crippen LogP contribution in [0.2, 0.25) is 0 Å². The molecule has 0 spiro atoms. The molecule has 0 atom stereocenters. The number of benzene rings is 1. The number of methoxy groups -OCH3 is 1. The summed E-state index contributed by atoms with van der Waals surface area (Å²) in [5.74, 6) is 1.24. The molecule has 35 heavy (non-hydrogen) atoms. The Labute approximate surface area is 206 Å². The van der Waals surface area contributed by atoms with Crippen LogP contribution in [0.3, 0.4) is 0 Å². The number of fused-ring (bicyclic) bond motifs is 1. The lowest BCUT2D eigenvalue weighted by Gasteiger charge is -2.22. The average Bonchev–Trinajstić information content (AvgIpc) is 3.33. The minimum absolute atomic E-state index is 0.145. The molecule has 1 amide bonds. The molecule has 0 radical (unpaired) electrons. The smallest absolute Gasteiger partial charge is 0.251 e. The first-order valence-electron chi connectivity index (χ1n) is 11.1. The molecule has 1 aliphatic heterocycles. The molecule has 3 aromatic heterocycles. The molecule has 4 heterocycles. The second-order valence-corrected chi connectivity index (χ2v) is 8.80. The van der Waals surface area contributed by atoms with Gasteiger partial charge in [0.1, 0.15) is 5.82 Å². The van der Waals surface area contributed by atoms with Crippen LogP contribution in [0.4, 0.5) is 17.5 Å². The van der Waals surface area contributed by atoms with Gasteiger partial charge in [-0.3, -0.25) is 4.79 Å². The van der Waals surface area contributed by atoms with Crippen LogP contribution in [0.25, 0.3) is 21.3 Å². The lowest BCUT2D eigenvalue weighted by Crippen LogP contribution is -2.61. The molecule has 1 saturated heterocycles. The van der Waals surface area contributed by atoms with E-state index < -0.39 is 0 Å². The summed E-state index contributed by atoms with van der Waals surface area (Å²) in [5.41, 5.74) is 10.1. The first-order valence-corrected chi connectivity index (χ1v) is 12.0. The van der Waals surface area contributed by atoms with Crippen LogP contribution in [-0.4, -0.2) is 56.3 Å². The van der Waals surface area contributed by atoms with Gasteiger partial charge >= 0.3 is 0 Å². The third-order valence-electron chi connectivity index (χ3n) is 5.79. The molecule has 0 saturated carbocycles. The van der Waals surface area contributed by atoms with Gasteiger partial charge in [-0.1, -0.05) is 16.8 Å². The lowest BCUT2D eigenvalue weighted by molar-refractivity contribution is -0.695. The lowest BCUT2D eigenvalue weighted by atomic mass is 10.0. The van der Waals surface area contributed by atoms with E-state index in [0.29, 0.717) is 42.0 Å². The Kier molecular flexibility index (Phi) is 6.34. The SMILES string of the molecule is CNC(=O)c1cccc(-c2csc3c(N)nc(Nc4cc[n+](N5CCOCC5)cc4OC)nc23)c1. The van der Waals surface area contributed by atoms with Crippen LogP contribution < -0.4 is 30.8 Å². The second kappa shape index (κ2) is 9.72. The van der Waals surface area contributed by atoms with Crippen LogP contribution in [-0.2, 0) is 4.74 Å². The Balaban J connectivity index is 1.49. The maximum atomic E-state index is 12.1. The van der Waals surface area contributed by atoms with Gasteiger partial charge in [-0.25, -0.2) is 4.98 Å². The number of rotatable bonds is 6. The fourth-order valence-electron chi connectivity index (χ4n) is 3.99. The second-order valence-electron chi connectivity index (χ2n) is 7.92. The quantitative estimate of drug-likeness (QED) is 0.351. The van der Waals surface area contributed by atoms with E-state index in [1.807, 2.05) is 46.7 Å². The maximum Gasteiger partial charge on any atom is 0.251 e. The van der Waals surface area contributed by atoms with E-state index in [0.717, 1.165) is 34.4 Å². The van der Waals surface area contributed by atoms with Gasteiger partial charge in [0.2, 0.25) is 24.1 Å². The van der Waals surface area contributed by atoms with Crippen molar-refractivity contribution in [3.8, 4) is 16.9 Å². The molecule has 5 rings (SSSR count). The topological polar surface area (TPSA) is 119 Å². The first-order chi connectivity index (χ1) is 17.1. The van der Waals surface area contributed by atoms with Crippen LogP contribution in [0.5, 0.6) is 5.75 Å². The van der Waals surface area contributed by atoms with Gasteiger partial charge in [0, 0.05) is 29.6 Å². The summed E-state index contributed by atoms with van der Waals surface area (Å²) in [6, 6.07) is 9.34. The molecule has 0 aliphatic carbocycles. The normalized spacial score (nSPS) is 13.6. The van der Waals surface area contributed by atoms with Crippen molar-refractivity contribution in [3.05, 3.63) is 53.7 Å². The van der Waals surface area contributed by atoms with Gasteiger partial charge in [0.15, 0.2) is 0 Å². The van der Waals surface area contributed by atoms with E-state index in [1.165, 1.54) is 11.3 Å². The summed E-state index contributed by atoms with van der Waals surface area (Å²) in [7, 11) is 3.24. The number of hydrogen-bond acceptors (Lipinski definition) is 9. The van der Waals surface area contributed by atoms with Crippen molar-refractivity contribution in [3.63, 3.8) is 0 Å². The number of amides is 1. The van der Waals surface area contributed by atoms with Gasteiger partial charge in [0.05, 0.1) is 49.3 Å². The number of morpholine rings is 1. The van der Waals surface area contributed by atoms with Crippen LogP contribution >= 0.6 is 11.3 Å². The van der Waals surface area contributed by atoms with Gasteiger partial charge < -0.3 is 25.8 Å². The number of carbonyl (C=O) groups excluding carboxylic acids is 1. The van der Waals surface area contributed by atoms with Crippen molar-refractivity contribution in [2.45, 2.75) is 0 Å². The zero-order valence-corrected chi connectivity index (χ0v) is 20.3. The van der Waals surface area contributed by atoms with E-state index in [1.54, 1.807) is 20.2 Å². The molecule has 10 nitrogen and oxygen atoms in total. The molecule has 11 heteroatoms. The predicted octanol–water partition coefficient (Wildman–Crippen LogP) is 2.31. The first kappa shape index (κ1) is 22.8. The van der Waals surface area contributed by atoms with E-state index in [4.69, 9.17) is 20.2 Å². The summed E-state index contributed by atoms with van der Waals surface area (Å²) >= 11 is 1.47. The number of nitrogens with one attached hydrogen (secondary N) is 2. The van der Waals surface area contributed by atoms with Gasteiger partial charge in [-0.15, -0.1) is 11.3 Å². The molecule has 180 valence electrons. The molecular formula is C24H26N7O3S+. The number of carbonyl (C=O) groups is 1. The molecule has 0 unspecified atom stereocenters. The zero-order chi connectivity index (χ0) is 24.4. The van der Waals surface area contributed by atoms with Gasteiger partial charge in [0.25, 0.3) is 5.91 Å². The van der Waals surface area contributed by atoms with Crippen molar-refractivity contribution < 1.29 is 18.9 Å². The predicted molar refractivity (Wildman–Crippen MR) is 136 cm³/mol. The summed E-state index contributed by atoms with van der Waals surface area (Å²) in [5, 5.41) is 10.1. The number of nitrogens with zero attached hydrogens (tertiary/aromatic N) is 4. The Hall–Kier alpha value is -3.96. The molecule has 1 aromatic carbocycles. The number of hydrogen-bond donors (Lipinski definition) is 3. The van der Waals surface area contributed by atoms with E-state index in [2.05, 4.69) is 20.6 Å². The Morgan fingerprint density at radius 1 is 1.26 bits per heavy atom. The highest BCUT2D eigenvalue weighted by Gasteiger charge is 2.21. The number of nitrogens with two attached hydrogens (primary N) is 1. The Morgan fingerprint density at radius 3 is 2.86 bits per heavy atom. The van der Waals surface area contributed by atoms with Crippen LogP contribution in [0.15, 0.2) is 48.1 Å². The van der Waals surface area contributed by atoms with E-state index >= 15 is 0 Å². The van der Waals surface area contributed by atoms with E-state index in [9.17, 15) is 4.79 Å². The fourth-order valence-corrected chi connectivity index (χ4v) is 4.90. The summed E-state index contributed by atoms with van der Waals surface area (Å²) in [6.45, 7) is 2.99. The number of nitrogen functional groups attached to an aromatic ring is 1. The number of ether oxygens (including phenoxy) is 2. The molecular weight excluding hydrogens is 466 g/mol. The highest BCUT2D eigenvalue weighted by molar-refractivity contribution is 7.18. The van der Waals surface area contributed by atoms with E-state index in [-0.39, 0.29) is 5.91 Å². The fraction of sp³-hybridized carbons (Fsp3) is 0.250. The minimum Gasteiger partial charge on any atom is -0.489 e. The standard InChI is InChI=1S/C24H25N7O3S/c1-26-23(32)16-5-3-4-15(12-16)17-14-35-21-20(17)28-24(29-22(21)25)27-18-6-7-31(13-19(18)33-2)30-8-10-34-11-9-30/h3-7,12-14H,8-11H2,1-2H3,(H3,25,26,28,29,32)/p+1. The number of thiophene rings is 1. The zero-order valence-electron chi connectivity index (χ0n) is 19.4. The van der Waals surface area contributed by atoms with Gasteiger partial charge in [-0.05, 0) is 17.7 Å². The third kappa shape index (κ3) is 4.55. The molecule has 4 aromatic rings. The van der Waals surface area contributed by atoms with Crippen molar-refractivity contribution in [1.29, 1.82) is 0 Å². The summed E-state index contributed by atoms with van der Waals surface area (Å²) in [6.07, 6.45) is 3.87. The molecule has 1 fully saturated rings. The molecule has 1 aliphatic rings. The number of anilines is 3. The largest absolute Gasteiger partial charge is 0.489 e. The Morgan fingerprint density at radius 2 is 2.09 bits per heavy atom. The number of pyridine rings is 1. The Bertz CT molecular complexity index is 1390. The minimum atomic E-state index is -0.145. The van der Waals surface area contributed by atoms with Gasteiger partial charge in [-0.2, -0.15) is 9.99 Å². The maximum absolute atomic E-state index is 12.1. The summed E-state index contributed by atoms with van der Waals surface area (Å²) in [4.78, 5) is 21.3. The van der Waals surface area contributed by atoms with Crippen molar-refractivity contribution in [1.82, 2.24) is 15.3 Å². The molecule has 0 bridgehead atoms. The highest BCUT2D eigenvalue weighted by atomic mass is 32.1. The van der Waals surface area contributed by atoms with Crippen molar-refractivity contribution >= 4 is 44.9 Å².